The second-order valence-corrected chi connectivity index (χ2v) is 8.41. The van der Waals surface area contributed by atoms with Crippen LogP contribution in [0.15, 0.2) is 84.9 Å². The number of hydrogen-bond donors (Lipinski definition) is 0. The van der Waals surface area contributed by atoms with Gasteiger partial charge in [0.25, 0.3) is 0 Å². The molecule has 0 aliphatic carbocycles. The Balaban J connectivity index is 1.30. The molecule has 4 aromatic rings. The summed E-state index contributed by atoms with van der Waals surface area (Å²) in [5.74, 6) is -2.07. The predicted molar refractivity (Wildman–Crippen MR) is 131 cm³/mol. The second-order valence-electron chi connectivity index (χ2n) is 8.41. The molecule has 1 aliphatic rings. The summed E-state index contributed by atoms with van der Waals surface area (Å²) in [4.78, 5) is 0. The second kappa shape index (κ2) is 9.80. The van der Waals surface area contributed by atoms with Crippen molar-refractivity contribution >= 4 is 6.08 Å². The van der Waals surface area contributed by atoms with Crippen LogP contribution in [0.1, 0.15) is 29.7 Å². The molecule has 4 aromatic carbocycles. The third-order valence-electron chi connectivity index (χ3n) is 5.98. The van der Waals surface area contributed by atoms with Gasteiger partial charge in [0.2, 0.25) is 0 Å². The average molecular weight is 473 g/mol. The monoisotopic (exact) mass is 472 g/mol. The molecule has 1 aliphatic heterocycles. The van der Waals surface area contributed by atoms with Gasteiger partial charge in [0.1, 0.15) is 12.7 Å². The standard InChI is InChI=1S/C30H23F3O2/c1-2-3-19-4-8-21(9-5-19)24-13-14-25(30(33)29(24)32)22-10-6-20(7-11-22)17-34-27-15-12-23(16-26(27)31)28-18-35-28/h2-16,28H,17-18H2,1H3/b3-2+. The molecule has 1 atom stereocenters. The number of rotatable bonds is 7. The van der Waals surface area contributed by atoms with Crippen LogP contribution in [-0.4, -0.2) is 6.61 Å². The first-order valence-electron chi connectivity index (χ1n) is 11.4. The summed E-state index contributed by atoms with van der Waals surface area (Å²) in [7, 11) is 0. The minimum atomic E-state index is -0.897. The van der Waals surface area contributed by atoms with Gasteiger partial charge in [-0.15, -0.1) is 0 Å². The maximum atomic E-state index is 15.0. The molecule has 0 radical (unpaired) electrons. The maximum absolute atomic E-state index is 15.0. The highest BCUT2D eigenvalue weighted by Crippen LogP contribution is 2.33. The number of halogens is 3. The molecule has 176 valence electrons. The average Bonchev–Trinajstić information content (AvgIpc) is 3.72. The van der Waals surface area contributed by atoms with E-state index in [4.69, 9.17) is 9.47 Å². The van der Waals surface area contributed by atoms with E-state index in [9.17, 15) is 13.2 Å². The van der Waals surface area contributed by atoms with E-state index in [-0.39, 0.29) is 29.6 Å². The first kappa shape index (κ1) is 22.9. The summed E-state index contributed by atoms with van der Waals surface area (Å²) in [5, 5.41) is 0. The lowest BCUT2D eigenvalue weighted by Gasteiger charge is -2.11. The highest BCUT2D eigenvalue weighted by molar-refractivity contribution is 5.72. The molecule has 0 saturated carbocycles. The van der Waals surface area contributed by atoms with Gasteiger partial charge in [-0.1, -0.05) is 78.9 Å². The summed E-state index contributed by atoms with van der Waals surface area (Å²) in [6.45, 7) is 2.68. The fourth-order valence-electron chi connectivity index (χ4n) is 3.98. The molecule has 0 aromatic heterocycles. The Morgan fingerprint density at radius 1 is 0.829 bits per heavy atom. The summed E-state index contributed by atoms with van der Waals surface area (Å²) >= 11 is 0. The SMILES string of the molecule is C/C=C/c1ccc(-c2ccc(-c3ccc(COc4ccc(C5CO5)cc4F)cc3)c(F)c2F)cc1. The number of allylic oxidation sites excluding steroid dienone is 1. The van der Waals surface area contributed by atoms with Crippen molar-refractivity contribution in [1.82, 2.24) is 0 Å². The first-order valence-corrected chi connectivity index (χ1v) is 11.4. The molecule has 2 nitrogen and oxygen atoms in total. The molecule has 0 amide bonds. The maximum Gasteiger partial charge on any atom is 0.167 e. The van der Waals surface area contributed by atoms with E-state index in [2.05, 4.69) is 0 Å². The molecule has 5 heteroatoms. The van der Waals surface area contributed by atoms with Gasteiger partial charge in [0, 0.05) is 11.1 Å². The summed E-state index contributed by atoms with van der Waals surface area (Å²) in [5.41, 5.74) is 4.11. The largest absolute Gasteiger partial charge is 0.486 e. The summed E-state index contributed by atoms with van der Waals surface area (Å²) < 4.78 is 54.9. The summed E-state index contributed by atoms with van der Waals surface area (Å²) in [6, 6.07) is 22.2. The van der Waals surface area contributed by atoms with Crippen LogP contribution in [-0.2, 0) is 11.3 Å². The minimum Gasteiger partial charge on any atom is -0.486 e. The van der Waals surface area contributed by atoms with Crippen molar-refractivity contribution in [3.63, 3.8) is 0 Å². The molecule has 0 N–H and O–H groups in total. The Morgan fingerprint density at radius 2 is 1.43 bits per heavy atom. The third kappa shape index (κ3) is 5.00. The molecule has 5 rings (SSSR count). The van der Waals surface area contributed by atoms with E-state index in [0.717, 1.165) is 16.7 Å². The van der Waals surface area contributed by atoms with Gasteiger partial charge in [0.15, 0.2) is 23.2 Å². The lowest BCUT2D eigenvalue weighted by Crippen LogP contribution is -1.98. The van der Waals surface area contributed by atoms with Gasteiger partial charge in [-0.3, -0.25) is 0 Å². The molecule has 1 heterocycles. The fourth-order valence-corrected chi connectivity index (χ4v) is 3.98. The molecule has 1 saturated heterocycles. The van der Waals surface area contributed by atoms with Crippen LogP contribution in [0.5, 0.6) is 5.75 Å². The smallest absolute Gasteiger partial charge is 0.167 e. The van der Waals surface area contributed by atoms with Gasteiger partial charge in [0.05, 0.1) is 6.61 Å². The van der Waals surface area contributed by atoms with E-state index >= 15 is 0 Å². The topological polar surface area (TPSA) is 21.8 Å². The van der Waals surface area contributed by atoms with Crippen molar-refractivity contribution in [2.24, 2.45) is 0 Å². The van der Waals surface area contributed by atoms with Gasteiger partial charge < -0.3 is 9.47 Å². The zero-order chi connectivity index (χ0) is 24.4. The summed E-state index contributed by atoms with van der Waals surface area (Å²) in [6.07, 6.45) is 3.84. The Morgan fingerprint density at radius 3 is 1.97 bits per heavy atom. The quantitative estimate of drug-likeness (QED) is 0.253. The first-order chi connectivity index (χ1) is 17.0. The van der Waals surface area contributed by atoms with Crippen molar-refractivity contribution in [1.29, 1.82) is 0 Å². The van der Waals surface area contributed by atoms with Crippen molar-refractivity contribution in [3.05, 3.63) is 119 Å². The molecule has 1 unspecified atom stereocenters. The fraction of sp³-hybridized carbons (Fsp3) is 0.133. The van der Waals surface area contributed by atoms with Crippen molar-refractivity contribution in [2.45, 2.75) is 19.6 Å². The molecule has 0 bridgehead atoms. The van der Waals surface area contributed by atoms with E-state index in [0.29, 0.717) is 17.7 Å². The molecular weight excluding hydrogens is 449 g/mol. The van der Waals surface area contributed by atoms with E-state index in [1.165, 1.54) is 6.07 Å². The zero-order valence-corrected chi connectivity index (χ0v) is 19.1. The third-order valence-corrected chi connectivity index (χ3v) is 5.98. The highest BCUT2D eigenvalue weighted by atomic mass is 19.2. The molecule has 1 fully saturated rings. The van der Waals surface area contributed by atoms with E-state index < -0.39 is 17.5 Å². The number of ether oxygens (including phenoxy) is 2. The number of hydrogen-bond acceptors (Lipinski definition) is 2. The Kier molecular flexibility index (Phi) is 6.43. The van der Waals surface area contributed by atoms with Crippen molar-refractivity contribution < 1.29 is 22.6 Å². The van der Waals surface area contributed by atoms with Crippen LogP contribution >= 0.6 is 0 Å². The minimum absolute atomic E-state index is 0.0193. The Bertz CT molecular complexity index is 1370. The predicted octanol–water partition coefficient (Wildman–Crippen LogP) is 8.12. The van der Waals surface area contributed by atoms with Gasteiger partial charge in [-0.05, 0) is 46.9 Å². The Hall–Kier alpha value is -3.83. The number of benzene rings is 4. The molecule has 35 heavy (non-hydrogen) atoms. The van der Waals surface area contributed by atoms with Crippen LogP contribution in [0.2, 0.25) is 0 Å². The van der Waals surface area contributed by atoms with Crippen LogP contribution in [0, 0.1) is 17.5 Å². The molecule has 0 spiro atoms. The lowest BCUT2D eigenvalue weighted by atomic mass is 9.97. The van der Waals surface area contributed by atoms with E-state index in [1.807, 2.05) is 31.2 Å². The Labute approximate surface area is 202 Å². The van der Waals surface area contributed by atoms with Crippen LogP contribution in [0.25, 0.3) is 28.3 Å². The lowest BCUT2D eigenvalue weighted by molar-refractivity contribution is 0.290. The van der Waals surface area contributed by atoms with Crippen molar-refractivity contribution in [2.75, 3.05) is 6.61 Å². The van der Waals surface area contributed by atoms with Crippen LogP contribution in [0.3, 0.4) is 0 Å². The van der Waals surface area contributed by atoms with Gasteiger partial charge in [-0.2, -0.15) is 0 Å². The molecular formula is C30H23F3O2. The normalized spacial score (nSPS) is 14.9. The van der Waals surface area contributed by atoms with Crippen molar-refractivity contribution in [3.8, 4) is 28.0 Å². The van der Waals surface area contributed by atoms with Crippen LogP contribution < -0.4 is 4.74 Å². The van der Waals surface area contributed by atoms with E-state index in [1.54, 1.807) is 60.7 Å². The number of epoxide rings is 1. The van der Waals surface area contributed by atoms with Crippen LogP contribution in [0.4, 0.5) is 13.2 Å². The van der Waals surface area contributed by atoms with Gasteiger partial charge in [-0.25, -0.2) is 13.2 Å². The van der Waals surface area contributed by atoms with Gasteiger partial charge >= 0.3 is 0 Å². The highest BCUT2D eigenvalue weighted by Gasteiger charge is 2.25. The zero-order valence-electron chi connectivity index (χ0n) is 19.1.